The van der Waals surface area contributed by atoms with Crippen molar-refractivity contribution in [3.63, 3.8) is 0 Å². The summed E-state index contributed by atoms with van der Waals surface area (Å²) in [5.74, 6) is 0.350. The number of hydrogen-bond acceptors (Lipinski definition) is 11. The molecule has 11 nitrogen and oxygen atoms in total. The number of pyridine rings is 1. The third-order valence-corrected chi connectivity index (χ3v) is 7.04. The Morgan fingerprint density at radius 3 is 2.53 bits per heavy atom. The first kappa shape index (κ1) is 22.4. The third kappa shape index (κ3) is 3.68. The number of methoxy groups -OCH3 is 1. The number of rotatable bonds is 4. The number of ether oxygens (including phenoxy) is 1. The molecule has 170 valence electrons. The fourth-order valence-electron chi connectivity index (χ4n) is 3.63. The Labute approximate surface area is 195 Å². The van der Waals surface area contributed by atoms with Gasteiger partial charge in [-0.3, -0.25) is 5.32 Å². The average Bonchev–Trinajstić information content (AvgIpc) is 2.84. The Hall–Kier alpha value is -4.81. The molecule has 1 aromatic heterocycles. The van der Waals surface area contributed by atoms with Crippen molar-refractivity contribution in [2.45, 2.75) is 15.8 Å². The zero-order valence-corrected chi connectivity index (χ0v) is 18.6. The van der Waals surface area contributed by atoms with Gasteiger partial charge in [0.25, 0.3) is 0 Å². The minimum Gasteiger partial charge on any atom is -0.497 e. The van der Waals surface area contributed by atoms with Gasteiger partial charge in [0.2, 0.25) is 15.8 Å². The summed E-state index contributed by atoms with van der Waals surface area (Å²) in [5, 5.41) is 23.8. The molecule has 2 heterocycles. The molecule has 0 aliphatic carbocycles. The summed E-state index contributed by atoms with van der Waals surface area (Å²) in [6.45, 7) is 0. The molecule has 1 unspecified atom stereocenters. The second kappa shape index (κ2) is 8.61. The van der Waals surface area contributed by atoms with E-state index in [1.807, 2.05) is 6.07 Å². The molecule has 0 amide bonds. The fraction of sp³-hybridized carbons (Fsp3) is 0.0909. The number of guanidine groups is 1. The molecule has 6 N–H and O–H groups in total. The standard InChI is InChI=1S/C22H18N8O3S/c1-33-12-7-8-14(16(9-12)34(31,32)13-5-3-2-4-6-13)19-17-18(25)15(10-23)20(26)29-21(17)30-22(28-19)27-11-24/h2-9,19H,1H3,(H6,25,26,27,28,29,30). The van der Waals surface area contributed by atoms with Gasteiger partial charge in [-0.15, -0.1) is 0 Å². The number of nitrogen functional groups attached to an aromatic ring is 2. The fourth-order valence-corrected chi connectivity index (χ4v) is 5.16. The van der Waals surface area contributed by atoms with Crippen molar-refractivity contribution in [3.05, 3.63) is 65.2 Å². The second-order valence-electron chi connectivity index (χ2n) is 7.12. The highest BCUT2D eigenvalue weighted by Crippen LogP contribution is 2.43. The number of fused-ring (bicyclic) bond motifs is 1. The SMILES string of the molecule is COc1ccc(C2N=C(NC#N)Nc3nc(N)c(C#N)c(N)c32)c(S(=O)(=O)c2ccccc2)c1. The van der Waals surface area contributed by atoms with Crippen LogP contribution in [0.4, 0.5) is 17.3 Å². The van der Waals surface area contributed by atoms with Crippen LogP contribution in [0, 0.1) is 22.8 Å². The van der Waals surface area contributed by atoms with Crippen LogP contribution in [0.15, 0.2) is 63.3 Å². The Morgan fingerprint density at radius 1 is 1.15 bits per heavy atom. The number of benzene rings is 2. The van der Waals surface area contributed by atoms with Crippen LogP contribution in [0.5, 0.6) is 5.75 Å². The molecule has 4 rings (SSSR count). The number of nitriles is 2. The summed E-state index contributed by atoms with van der Waals surface area (Å²) in [6.07, 6.45) is 1.76. The van der Waals surface area contributed by atoms with Crippen LogP contribution in [0.25, 0.3) is 0 Å². The van der Waals surface area contributed by atoms with Crippen LogP contribution in [-0.4, -0.2) is 26.5 Å². The van der Waals surface area contributed by atoms with Crippen LogP contribution in [0.3, 0.4) is 0 Å². The summed E-state index contributed by atoms with van der Waals surface area (Å²) in [7, 11) is -2.61. The molecule has 0 bridgehead atoms. The number of nitrogens with two attached hydrogens (primary N) is 2. The number of nitrogens with one attached hydrogen (secondary N) is 2. The van der Waals surface area contributed by atoms with Crippen LogP contribution in [0.1, 0.15) is 22.7 Å². The van der Waals surface area contributed by atoms with Gasteiger partial charge in [0.1, 0.15) is 35.1 Å². The molecular formula is C22H18N8O3S. The highest BCUT2D eigenvalue weighted by Gasteiger charge is 2.34. The van der Waals surface area contributed by atoms with Gasteiger partial charge >= 0.3 is 0 Å². The van der Waals surface area contributed by atoms with E-state index in [1.165, 1.54) is 25.3 Å². The number of hydrogen-bond donors (Lipinski definition) is 4. The maximum Gasteiger partial charge on any atom is 0.211 e. The molecule has 0 radical (unpaired) electrons. The Bertz CT molecular complexity index is 1510. The van der Waals surface area contributed by atoms with E-state index < -0.39 is 15.9 Å². The zero-order chi connectivity index (χ0) is 24.5. The molecule has 1 atom stereocenters. The molecule has 0 fully saturated rings. The van der Waals surface area contributed by atoms with Crippen molar-refractivity contribution in [3.8, 4) is 18.0 Å². The molecule has 0 saturated carbocycles. The Kier molecular flexibility index (Phi) is 5.67. The van der Waals surface area contributed by atoms with E-state index in [1.54, 1.807) is 36.5 Å². The quantitative estimate of drug-likeness (QED) is 0.320. The molecule has 3 aromatic rings. The average molecular weight is 475 g/mol. The van der Waals surface area contributed by atoms with E-state index >= 15 is 0 Å². The summed E-state index contributed by atoms with van der Waals surface area (Å²) < 4.78 is 32.5. The largest absolute Gasteiger partial charge is 0.497 e. The van der Waals surface area contributed by atoms with Gasteiger partial charge in [-0.1, -0.05) is 24.3 Å². The highest BCUT2D eigenvalue weighted by atomic mass is 32.2. The number of nitrogens with zero attached hydrogens (tertiary/aromatic N) is 4. The maximum absolute atomic E-state index is 13.6. The van der Waals surface area contributed by atoms with Gasteiger partial charge in [0.05, 0.1) is 22.6 Å². The number of aromatic nitrogens is 1. The molecule has 2 aromatic carbocycles. The third-order valence-electron chi connectivity index (χ3n) is 5.22. The topological polar surface area (TPSA) is 192 Å². The Morgan fingerprint density at radius 2 is 1.88 bits per heavy atom. The normalized spacial score (nSPS) is 14.6. The maximum atomic E-state index is 13.6. The van der Waals surface area contributed by atoms with Crippen molar-refractivity contribution < 1.29 is 13.2 Å². The van der Waals surface area contributed by atoms with Gasteiger partial charge in [-0.2, -0.15) is 10.5 Å². The molecule has 0 spiro atoms. The van der Waals surface area contributed by atoms with Crippen molar-refractivity contribution in [2.75, 3.05) is 23.9 Å². The first-order chi connectivity index (χ1) is 16.3. The number of aliphatic imine (C=N–C) groups is 1. The van der Waals surface area contributed by atoms with Crippen molar-refractivity contribution in [1.29, 1.82) is 10.5 Å². The van der Waals surface area contributed by atoms with Crippen molar-refractivity contribution >= 4 is 33.1 Å². The van der Waals surface area contributed by atoms with Crippen molar-refractivity contribution in [2.24, 2.45) is 4.99 Å². The smallest absolute Gasteiger partial charge is 0.211 e. The molecule has 1 aliphatic rings. The summed E-state index contributed by atoms with van der Waals surface area (Å²) in [4.78, 5) is 8.66. The van der Waals surface area contributed by atoms with Crippen LogP contribution in [-0.2, 0) is 9.84 Å². The predicted molar refractivity (Wildman–Crippen MR) is 124 cm³/mol. The molecule has 1 aliphatic heterocycles. The van der Waals surface area contributed by atoms with Gasteiger partial charge in [0.15, 0.2) is 6.19 Å². The molecule has 34 heavy (non-hydrogen) atoms. The predicted octanol–water partition coefficient (Wildman–Crippen LogP) is 1.90. The summed E-state index contributed by atoms with van der Waals surface area (Å²) in [6, 6.07) is 13.3. The lowest BCUT2D eigenvalue weighted by molar-refractivity contribution is 0.413. The molecular weight excluding hydrogens is 456 g/mol. The zero-order valence-electron chi connectivity index (χ0n) is 17.8. The second-order valence-corrected chi connectivity index (χ2v) is 9.04. The van der Waals surface area contributed by atoms with Gasteiger partial charge in [-0.05, 0) is 24.3 Å². The minimum atomic E-state index is -4.03. The monoisotopic (exact) mass is 474 g/mol. The van der Waals surface area contributed by atoms with Gasteiger partial charge in [-0.25, -0.2) is 18.4 Å². The van der Waals surface area contributed by atoms with E-state index in [0.29, 0.717) is 5.75 Å². The van der Waals surface area contributed by atoms with Crippen molar-refractivity contribution in [1.82, 2.24) is 10.3 Å². The minimum absolute atomic E-state index is 0.00105. The lowest BCUT2D eigenvalue weighted by atomic mass is 9.95. The van der Waals surface area contributed by atoms with Gasteiger partial charge < -0.3 is 21.5 Å². The summed E-state index contributed by atoms with van der Waals surface area (Å²) >= 11 is 0. The Balaban J connectivity index is 2.04. The van der Waals surface area contributed by atoms with E-state index in [2.05, 4.69) is 20.6 Å². The van der Waals surface area contributed by atoms with E-state index in [9.17, 15) is 13.7 Å². The van der Waals surface area contributed by atoms with Crippen LogP contribution >= 0.6 is 0 Å². The highest BCUT2D eigenvalue weighted by molar-refractivity contribution is 7.91. The van der Waals surface area contributed by atoms with Crippen LogP contribution in [0.2, 0.25) is 0 Å². The number of anilines is 3. The summed E-state index contributed by atoms with van der Waals surface area (Å²) in [5.41, 5.74) is 12.6. The molecule has 12 heteroatoms. The van der Waals surface area contributed by atoms with Gasteiger partial charge in [0, 0.05) is 11.1 Å². The lowest BCUT2D eigenvalue weighted by Crippen LogP contribution is -2.33. The van der Waals surface area contributed by atoms with Crippen LogP contribution < -0.4 is 26.8 Å². The first-order valence-electron chi connectivity index (χ1n) is 9.78. The lowest BCUT2D eigenvalue weighted by Gasteiger charge is -2.27. The molecule has 0 saturated heterocycles. The van der Waals surface area contributed by atoms with E-state index in [0.717, 1.165) is 0 Å². The first-order valence-corrected chi connectivity index (χ1v) is 11.3. The van der Waals surface area contributed by atoms with E-state index in [-0.39, 0.29) is 49.8 Å². The van der Waals surface area contributed by atoms with E-state index in [4.69, 9.17) is 21.5 Å². The number of sulfone groups is 1.